The highest BCUT2D eigenvalue weighted by molar-refractivity contribution is 5.92. The molecule has 0 atom stereocenters. The van der Waals surface area contributed by atoms with Crippen molar-refractivity contribution in [2.45, 2.75) is 59.3 Å². The van der Waals surface area contributed by atoms with Crippen molar-refractivity contribution in [3.8, 4) is 5.88 Å². The van der Waals surface area contributed by atoms with Crippen LogP contribution in [0.3, 0.4) is 0 Å². The average Bonchev–Trinajstić information content (AvgIpc) is 2.76. The number of amides is 1. The van der Waals surface area contributed by atoms with Crippen LogP contribution in [-0.2, 0) is 4.79 Å². The Morgan fingerprint density at radius 3 is 2.71 bits per heavy atom. The number of rotatable bonds is 12. The molecular weight excluding hydrogens is 391 g/mol. The standard InChI is InChI=1S/C26H33FN2O2/c1-5-6-7-8-9-10-11-12-17-23(25(30)28-18-19(2)3)31-26-20(4)24(27)21-15-13-14-16-22(21)29-26/h11-17H,2,5-10,18H2,1,3-4H3,(H,28,30)/b12-11+,23-17+. The zero-order valence-corrected chi connectivity index (χ0v) is 18.8. The fraction of sp³-hybridized carbons (Fsp3) is 0.385. The number of hydrogen-bond acceptors (Lipinski definition) is 3. The van der Waals surface area contributed by atoms with Gasteiger partial charge >= 0.3 is 0 Å². The van der Waals surface area contributed by atoms with Crippen LogP contribution in [0, 0.1) is 12.7 Å². The molecule has 1 aromatic carbocycles. The number of nitrogens with one attached hydrogen (secondary N) is 1. The van der Waals surface area contributed by atoms with Crippen molar-refractivity contribution in [1.29, 1.82) is 0 Å². The highest BCUT2D eigenvalue weighted by Gasteiger charge is 2.17. The number of ether oxygens (including phenoxy) is 1. The summed E-state index contributed by atoms with van der Waals surface area (Å²) < 4.78 is 20.6. The van der Waals surface area contributed by atoms with Crippen LogP contribution in [-0.4, -0.2) is 17.4 Å². The third-order valence-corrected chi connectivity index (χ3v) is 4.85. The number of carbonyl (C=O) groups is 1. The Balaban J connectivity index is 2.18. The first kappa shape index (κ1) is 24.3. The summed E-state index contributed by atoms with van der Waals surface area (Å²) in [5.74, 6) is -0.648. The van der Waals surface area contributed by atoms with E-state index in [9.17, 15) is 9.18 Å². The summed E-state index contributed by atoms with van der Waals surface area (Å²) >= 11 is 0. The van der Waals surface area contributed by atoms with Crippen LogP contribution < -0.4 is 10.1 Å². The maximum Gasteiger partial charge on any atom is 0.287 e. The summed E-state index contributed by atoms with van der Waals surface area (Å²) in [7, 11) is 0. The maximum absolute atomic E-state index is 14.8. The summed E-state index contributed by atoms with van der Waals surface area (Å²) in [6.45, 7) is 9.75. The van der Waals surface area contributed by atoms with E-state index in [1.165, 1.54) is 25.7 Å². The van der Waals surface area contributed by atoms with Gasteiger partial charge in [0, 0.05) is 17.5 Å². The number of allylic oxidation sites excluding steroid dienone is 3. The highest BCUT2D eigenvalue weighted by Crippen LogP contribution is 2.27. The fourth-order valence-electron chi connectivity index (χ4n) is 3.04. The number of aromatic nitrogens is 1. The Morgan fingerprint density at radius 1 is 1.23 bits per heavy atom. The van der Waals surface area contributed by atoms with E-state index in [2.05, 4.69) is 23.8 Å². The summed E-state index contributed by atoms with van der Waals surface area (Å²) in [6.07, 6.45) is 12.4. The molecule has 166 valence electrons. The van der Waals surface area contributed by atoms with Gasteiger partial charge < -0.3 is 10.1 Å². The molecule has 1 aromatic heterocycles. The monoisotopic (exact) mass is 424 g/mol. The van der Waals surface area contributed by atoms with Gasteiger partial charge in [0.2, 0.25) is 5.88 Å². The van der Waals surface area contributed by atoms with Crippen molar-refractivity contribution < 1.29 is 13.9 Å². The second-order valence-corrected chi connectivity index (χ2v) is 7.78. The van der Waals surface area contributed by atoms with Crippen LogP contribution in [0.25, 0.3) is 10.9 Å². The number of hydrogen-bond donors (Lipinski definition) is 1. The van der Waals surface area contributed by atoms with Gasteiger partial charge in [-0.3, -0.25) is 4.79 Å². The van der Waals surface area contributed by atoms with Gasteiger partial charge in [-0.1, -0.05) is 69.0 Å². The molecule has 4 nitrogen and oxygen atoms in total. The third-order valence-electron chi connectivity index (χ3n) is 4.85. The molecule has 1 N–H and O–H groups in total. The first-order valence-electron chi connectivity index (χ1n) is 11.0. The number of nitrogens with zero attached hydrogens (tertiary/aromatic N) is 1. The number of fused-ring (bicyclic) bond motifs is 1. The summed E-state index contributed by atoms with van der Waals surface area (Å²) in [6, 6.07) is 6.94. The molecule has 0 saturated carbocycles. The van der Waals surface area contributed by atoms with E-state index in [-0.39, 0.29) is 17.2 Å². The second-order valence-electron chi connectivity index (χ2n) is 7.78. The minimum Gasteiger partial charge on any atom is -0.433 e. The van der Waals surface area contributed by atoms with Crippen LogP contribution in [0.2, 0.25) is 0 Å². The number of para-hydroxylation sites is 1. The van der Waals surface area contributed by atoms with Crippen LogP contribution >= 0.6 is 0 Å². The molecular formula is C26H33FN2O2. The lowest BCUT2D eigenvalue weighted by atomic mass is 10.1. The van der Waals surface area contributed by atoms with Crippen molar-refractivity contribution in [3.05, 3.63) is 71.8 Å². The van der Waals surface area contributed by atoms with Gasteiger partial charge in [0.25, 0.3) is 5.91 Å². The molecule has 31 heavy (non-hydrogen) atoms. The molecule has 0 aliphatic carbocycles. The molecule has 2 aromatic rings. The molecule has 0 spiro atoms. The number of pyridine rings is 1. The summed E-state index contributed by atoms with van der Waals surface area (Å²) in [4.78, 5) is 17.1. The SMILES string of the molecule is C=C(C)CNC(=O)/C(=C\C=C\CCCCCCC)Oc1nc2ccccc2c(F)c1C. The Bertz CT molecular complexity index is 963. The van der Waals surface area contributed by atoms with Crippen molar-refractivity contribution in [3.63, 3.8) is 0 Å². The molecule has 0 bridgehead atoms. The van der Waals surface area contributed by atoms with Gasteiger partial charge in [-0.15, -0.1) is 0 Å². The number of benzene rings is 1. The summed E-state index contributed by atoms with van der Waals surface area (Å²) in [5.41, 5.74) is 1.56. The normalized spacial score (nSPS) is 11.8. The molecule has 1 amide bonds. The first-order valence-corrected chi connectivity index (χ1v) is 11.0. The highest BCUT2D eigenvalue weighted by atomic mass is 19.1. The van der Waals surface area contributed by atoms with Crippen LogP contribution in [0.1, 0.15) is 57.9 Å². The van der Waals surface area contributed by atoms with E-state index in [0.717, 1.165) is 18.4 Å². The lowest BCUT2D eigenvalue weighted by Gasteiger charge is -2.13. The molecule has 1 heterocycles. The third kappa shape index (κ3) is 7.67. The van der Waals surface area contributed by atoms with E-state index in [4.69, 9.17) is 4.74 Å². The van der Waals surface area contributed by atoms with Gasteiger partial charge in [0.1, 0.15) is 5.82 Å². The molecule has 0 aliphatic rings. The lowest BCUT2D eigenvalue weighted by Crippen LogP contribution is -2.28. The van der Waals surface area contributed by atoms with Gasteiger partial charge in [-0.05, 0) is 44.9 Å². The van der Waals surface area contributed by atoms with Gasteiger partial charge in [-0.2, -0.15) is 0 Å². The van der Waals surface area contributed by atoms with Crippen molar-refractivity contribution in [2.24, 2.45) is 0 Å². The van der Waals surface area contributed by atoms with Crippen LogP contribution in [0.5, 0.6) is 5.88 Å². The minimum absolute atomic E-state index is 0.0637. The Kier molecular flexibility index (Phi) is 9.95. The summed E-state index contributed by atoms with van der Waals surface area (Å²) in [5, 5.41) is 3.19. The molecule has 0 aliphatic heterocycles. The quantitative estimate of drug-likeness (QED) is 0.138. The molecule has 0 saturated heterocycles. The topological polar surface area (TPSA) is 51.2 Å². The predicted octanol–water partition coefficient (Wildman–Crippen LogP) is 6.55. The van der Waals surface area contributed by atoms with Crippen LogP contribution in [0.15, 0.2) is 60.4 Å². The zero-order chi connectivity index (χ0) is 22.6. The van der Waals surface area contributed by atoms with Crippen molar-refractivity contribution in [1.82, 2.24) is 10.3 Å². The predicted molar refractivity (Wildman–Crippen MR) is 125 cm³/mol. The van der Waals surface area contributed by atoms with E-state index in [1.807, 2.05) is 19.1 Å². The number of unbranched alkanes of at least 4 members (excludes halogenated alkanes) is 5. The second kappa shape index (κ2) is 12.7. The Hall–Kier alpha value is -2.95. The lowest BCUT2D eigenvalue weighted by molar-refractivity contribution is -0.119. The Morgan fingerprint density at radius 2 is 1.97 bits per heavy atom. The number of halogens is 1. The molecule has 0 unspecified atom stereocenters. The van der Waals surface area contributed by atoms with Gasteiger partial charge in [-0.25, -0.2) is 9.37 Å². The maximum atomic E-state index is 14.8. The smallest absolute Gasteiger partial charge is 0.287 e. The molecule has 5 heteroatoms. The van der Waals surface area contributed by atoms with Crippen molar-refractivity contribution in [2.75, 3.05) is 6.54 Å². The zero-order valence-electron chi connectivity index (χ0n) is 18.8. The molecule has 0 radical (unpaired) electrons. The van der Waals surface area contributed by atoms with Crippen molar-refractivity contribution >= 4 is 16.8 Å². The number of carbonyl (C=O) groups excluding carboxylic acids is 1. The van der Waals surface area contributed by atoms with E-state index >= 15 is 0 Å². The first-order chi connectivity index (χ1) is 14.9. The molecule has 0 fully saturated rings. The molecule has 2 rings (SSSR count). The van der Waals surface area contributed by atoms with E-state index in [1.54, 1.807) is 37.3 Å². The Labute approximate surface area is 184 Å². The van der Waals surface area contributed by atoms with Gasteiger partial charge in [0.15, 0.2) is 5.76 Å². The average molecular weight is 425 g/mol. The van der Waals surface area contributed by atoms with E-state index in [0.29, 0.717) is 17.4 Å². The fourth-order valence-corrected chi connectivity index (χ4v) is 3.04. The van der Waals surface area contributed by atoms with Crippen LogP contribution in [0.4, 0.5) is 4.39 Å². The largest absolute Gasteiger partial charge is 0.433 e. The van der Waals surface area contributed by atoms with E-state index < -0.39 is 11.7 Å². The minimum atomic E-state index is -0.398. The van der Waals surface area contributed by atoms with Gasteiger partial charge in [0.05, 0.1) is 5.52 Å².